The first-order chi connectivity index (χ1) is 11.7. The van der Waals surface area contributed by atoms with Crippen molar-refractivity contribution < 1.29 is 4.21 Å². The third kappa shape index (κ3) is 3.90. The van der Waals surface area contributed by atoms with Crippen LogP contribution in [0.15, 0.2) is 35.5 Å². The van der Waals surface area contributed by atoms with Gasteiger partial charge in [-0.2, -0.15) is 0 Å². The van der Waals surface area contributed by atoms with Crippen LogP contribution in [0.5, 0.6) is 0 Å². The van der Waals surface area contributed by atoms with Crippen LogP contribution >= 0.6 is 0 Å². The van der Waals surface area contributed by atoms with Crippen molar-refractivity contribution in [1.82, 2.24) is 14.3 Å². The Hall–Kier alpha value is -1.60. The molecule has 0 aliphatic carbocycles. The van der Waals surface area contributed by atoms with Gasteiger partial charge in [-0.25, -0.2) is 13.5 Å². The summed E-state index contributed by atoms with van der Waals surface area (Å²) in [5, 5.41) is 3.25. The van der Waals surface area contributed by atoms with Gasteiger partial charge in [-0.05, 0) is 25.0 Å². The maximum Gasteiger partial charge on any atom is 0.204 e. The van der Waals surface area contributed by atoms with Gasteiger partial charge in [0.25, 0.3) is 0 Å². The molecule has 2 aromatic rings. The summed E-state index contributed by atoms with van der Waals surface area (Å²) in [6.07, 6.45) is 8.00. The largest absolute Gasteiger partial charge is 0.331 e. The quantitative estimate of drug-likeness (QED) is 0.759. The predicted octanol–water partition coefficient (Wildman–Crippen LogP) is 3.01. The van der Waals surface area contributed by atoms with Crippen LogP contribution in [0.2, 0.25) is 13.1 Å². The number of hydrogen-bond acceptors (Lipinski definition) is 3. The Labute approximate surface area is 146 Å². The van der Waals surface area contributed by atoms with Gasteiger partial charge in [0.1, 0.15) is 11.0 Å². The molecule has 1 aromatic heterocycles. The van der Waals surface area contributed by atoms with Crippen molar-refractivity contribution >= 4 is 34.8 Å². The maximum absolute atomic E-state index is 13.1. The Bertz CT molecular complexity index is 686. The summed E-state index contributed by atoms with van der Waals surface area (Å²) in [6.45, 7) is 6.67. The van der Waals surface area contributed by atoms with Crippen molar-refractivity contribution in [2.24, 2.45) is 0 Å². The van der Waals surface area contributed by atoms with E-state index in [1.807, 2.05) is 6.07 Å². The fraction of sp³-hybridized carbons (Fsp3) is 0.471. The van der Waals surface area contributed by atoms with Crippen molar-refractivity contribution in [2.45, 2.75) is 44.2 Å². The number of rotatable bonds is 7. The highest BCUT2D eigenvalue weighted by Gasteiger charge is 2.24. The summed E-state index contributed by atoms with van der Waals surface area (Å²) in [4.78, 5) is 8.18. The molecular weight excluding hydrogens is 319 g/mol. The number of nitrogens with one attached hydrogen (secondary N) is 2. The molecule has 2 N–H and O–H groups in total. The fourth-order valence-corrected chi connectivity index (χ4v) is 4.79. The zero-order chi connectivity index (χ0) is 16.9. The average molecular weight is 344 g/mol. The fourth-order valence-electron chi connectivity index (χ4n) is 3.22. The van der Waals surface area contributed by atoms with Crippen molar-refractivity contribution in [3.8, 4) is 0 Å². The lowest BCUT2D eigenvalue weighted by atomic mass is 9.44. The highest BCUT2D eigenvalue weighted by molar-refractivity contribution is 7.83. The first kappa shape index (κ1) is 17.2. The third-order valence-corrected chi connectivity index (χ3v) is 6.08. The molecule has 0 amide bonds. The highest BCUT2D eigenvalue weighted by atomic mass is 32.2. The second-order valence-corrected chi connectivity index (χ2v) is 7.84. The highest BCUT2D eigenvalue weighted by Crippen LogP contribution is 2.21. The summed E-state index contributed by atoms with van der Waals surface area (Å²) < 4.78 is 15.2. The normalized spacial score (nSPS) is 16.2. The maximum atomic E-state index is 13.1. The van der Waals surface area contributed by atoms with Crippen LogP contribution in [-0.4, -0.2) is 38.3 Å². The molecule has 2 heterocycles. The van der Waals surface area contributed by atoms with E-state index < -0.39 is 11.0 Å². The zero-order valence-corrected chi connectivity index (χ0v) is 15.2. The van der Waals surface area contributed by atoms with Crippen molar-refractivity contribution in [3.05, 3.63) is 30.6 Å². The van der Waals surface area contributed by atoms with Gasteiger partial charge in [0.2, 0.25) is 5.95 Å². The molecule has 1 unspecified atom stereocenters. The molecule has 24 heavy (non-hydrogen) atoms. The monoisotopic (exact) mass is 344 g/mol. The first-order valence-corrected chi connectivity index (χ1v) is 9.87. The molecule has 0 radical (unpaired) electrons. The second-order valence-electron chi connectivity index (χ2n) is 6.39. The van der Waals surface area contributed by atoms with Crippen LogP contribution in [0.4, 0.5) is 11.6 Å². The number of aromatic amines is 1. The van der Waals surface area contributed by atoms with Crippen molar-refractivity contribution in [3.63, 3.8) is 0 Å². The van der Waals surface area contributed by atoms with E-state index in [4.69, 9.17) is 0 Å². The third-order valence-electron chi connectivity index (χ3n) is 4.51. The molecule has 7 heteroatoms. The molecule has 1 aromatic carbocycles. The van der Waals surface area contributed by atoms with E-state index in [0.717, 1.165) is 49.3 Å². The number of hydrogen-bond donors (Lipinski definition) is 2. The Morgan fingerprint density at radius 1 is 1.38 bits per heavy atom. The van der Waals surface area contributed by atoms with Crippen LogP contribution in [0, 0.1) is 0 Å². The van der Waals surface area contributed by atoms with Gasteiger partial charge >= 0.3 is 0 Å². The summed E-state index contributed by atoms with van der Waals surface area (Å²) in [6, 6.07) is 6.20. The molecule has 128 valence electrons. The second kappa shape index (κ2) is 7.99. The minimum atomic E-state index is -1.09. The van der Waals surface area contributed by atoms with Crippen LogP contribution in [0.25, 0.3) is 0 Å². The van der Waals surface area contributed by atoms with E-state index >= 15 is 0 Å². The van der Waals surface area contributed by atoms with E-state index in [0.29, 0.717) is 12.7 Å². The molecular formula is C17H25BN4OS. The minimum absolute atomic E-state index is 0.411. The molecule has 0 bridgehead atoms. The SMILES string of the molecule is CCCB(C)c1ccc(Nc2ncc[nH]2)cc1S(=O)N1CCCC1. The molecule has 1 aliphatic rings. The number of aromatic nitrogens is 2. The Kier molecular flexibility index (Phi) is 5.74. The molecule has 3 rings (SSSR count). The molecule has 0 saturated carbocycles. The molecule has 1 saturated heterocycles. The smallest absolute Gasteiger partial charge is 0.204 e. The summed E-state index contributed by atoms with van der Waals surface area (Å²) >= 11 is 0. The number of nitrogens with zero attached hydrogens (tertiary/aromatic N) is 2. The number of H-pyrrole nitrogens is 1. The van der Waals surface area contributed by atoms with Crippen LogP contribution in [0.1, 0.15) is 26.2 Å². The minimum Gasteiger partial charge on any atom is -0.331 e. The zero-order valence-electron chi connectivity index (χ0n) is 14.4. The number of imidazole rings is 1. The molecule has 5 nitrogen and oxygen atoms in total. The van der Waals surface area contributed by atoms with Gasteiger partial charge in [0.05, 0.1) is 4.90 Å². The van der Waals surface area contributed by atoms with Crippen LogP contribution in [-0.2, 0) is 11.0 Å². The van der Waals surface area contributed by atoms with Gasteiger partial charge in [0.15, 0.2) is 6.71 Å². The molecule has 1 atom stereocenters. The van der Waals surface area contributed by atoms with Crippen molar-refractivity contribution in [2.75, 3.05) is 18.4 Å². The summed E-state index contributed by atoms with van der Waals surface area (Å²) in [5.41, 5.74) is 2.12. The van der Waals surface area contributed by atoms with E-state index in [2.05, 4.69) is 45.5 Å². The predicted molar refractivity (Wildman–Crippen MR) is 102 cm³/mol. The lowest BCUT2D eigenvalue weighted by molar-refractivity contribution is 0.536. The molecule has 1 fully saturated rings. The lowest BCUT2D eigenvalue weighted by Crippen LogP contribution is -2.34. The van der Waals surface area contributed by atoms with E-state index in [1.54, 1.807) is 12.4 Å². The number of benzene rings is 1. The van der Waals surface area contributed by atoms with E-state index in [-0.39, 0.29) is 0 Å². The van der Waals surface area contributed by atoms with Gasteiger partial charge in [-0.15, -0.1) is 0 Å². The van der Waals surface area contributed by atoms with E-state index in [1.165, 1.54) is 5.46 Å². The molecule has 0 spiro atoms. The van der Waals surface area contributed by atoms with Gasteiger partial charge in [-0.1, -0.05) is 38.0 Å². The van der Waals surface area contributed by atoms with E-state index in [9.17, 15) is 4.21 Å². The first-order valence-electron chi connectivity index (χ1n) is 8.76. The van der Waals surface area contributed by atoms with Crippen molar-refractivity contribution in [1.29, 1.82) is 0 Å². The summed E-state index contributed by atoms with van der Waals surface area (Å²) in [7, 11) is -1.09. The van der Waals surface area contributed by atoms with Gasteiger partial charge < -0.3 is 10.3 Å². The Balaban J connectivity index is 1.91. The Morgan fingerprint density at radius 2 is 2.17 bits per heavy atom. The average Bonchev–Trinajstić information content (AvgIpc) is 3.28. The topological polar surface area (TPSA) is 61.0 Å². The summed E-state index contributed by atoms with van der Waals surface area (Å²) in [5.74, 6) is 0.697. The molecule has 1 aliphatic heterocycles. The van der Waals surface area contributed by atoms with Gasteiger partial charge in [-0.3, -0.25) is 0 Å². The van der Waals surface area contributed by atoms with Crippen LogP contribution < -0.4 is 10.8 Å². The van der Waals surface area contributed by atoms with Crippen LogP contribution in [0.3, 0.4) is 0 Å². The van der Waals surface area contributed by atoms with Gasteiger partial charge in [0, 0.05) is 31.2 Å². The number of anilines is 2. The Morgan fingerprint density at radius 3 is 2.83 bits per heavy atom. The standard InChI is InChI=1S/C17H25BN4OS/c1-3-8-18(2)15-7-6-14(21-17-19-9-10-20-17)13-16(15)24(23)22-11-4-5-12-22/h6-7,9-10,13H,3-5,8,11-12H2,1-2H3,(H2,19,20,21). The lowest BCUT2D eigenvalue weighted by Gasteiger charge is -2.20.